The minimum atomic E-state index is 0.157. The summed E-state index contributed by atoms with van der Waals surface area (Å²) in [6.07, 6.45) is 3.29. The Morgan fingerprint density at radius 3 is 2.95 bits per heavy atom. The fourth-order valence-corrected chi connectivity index (χ4v) is 4.08. The maximum Gasteiger partial charge on any atom is 0.232 e. The van der Waals surface area contributed by atoms with Crippen molar-refractivity contribution < 1.29 is 9.53 Å². The smallest absolute Gasteiger partial charge is 0.232 e. The number of carbonyl (C=O) groups excluding carboxylic acids is 1. The van der Waals surface area contributed by atoms with Crippen molar-refractivity contribution in [3.05, 3.63) is 24.3 Å². The van der Waals surface area contributed by atoms with Gasteiger partial charge in [-0.2, -0.15) is 0 Å². The third kappa shape index (κ3) is 2.63. The van der Waals surface area contributed by atoms with Gasteiger partial charge in [0.15, 0.2) is 5.13 Å². The number of hydrogen-bond acceptors (Lipinski definition) is 4. The second-order valence-corrected chi connectivity index (χ2v) is 7.38. The Bertz CT molecular complexity index is 660. The molecule has 0 N–H and O–H groups in total. The molecule has 0 spiro atoms. The molecule has 2 aliphatic rings. The molecule has 4 nitrogen and oxygen atoms in total. The molecule has 1 saturated carbocycles. The van der Waals surface area contributed by atoms with Gasteiger partial charge in [-0.3, -0.25) is 9.69 Å². The Hall–Kier alpha value is -1.46. The number of benzene rings is 1. The zero-order chi connectivity index (χ0) is 15.1. The third-order valence-corrected chi connectivity index (χ3v) is 5.68. The lowest BCUT2D eigenvalue weighted by Gasteiger charge is -2.23. The van der Waals surface area contributed by atoms with Crippen molar-refractivity contribution in [2.45, 2.75) is 32.3 Å². The number of ether oxygens (including phenoxy) is 1. The molecule has 1 aliphatic heterocycles. The fourth-order valence-electron chi connectivity index (χ4n) is 3.10. The van der Waals surface area contributed by atoms with Gasteiger partial charge in [-0.05, 0) is 37.3 Å². The molecular weight excluding hydrogens is 296 g/mol. The minimum absolute atomic E-state index is 0.157. The number of thiazole rings is 1. The van der Waals surface area contributed by atoms with Gasteiger partial charge in [-0.15, -0.1) is 0 Å². The average Bonchev–Trinajstić information content (AvgIpc) is 2.96. The molecule has 116 valence electrons. The zero-order valence-corrected chi connectivity index (χ0v) is 13.5. The van der Waals surface area contributed by atoms with Crippen molar-refractivity contribution in [3.63, 3.8) is 0 Å². The van der Waals surface area contributed by atoms with Crippen LogP contribution in [-0.2, 0) is 9.53 Å². The first-order valence-electron chi connectivity index (χ1n) is 8.01. The van der Waals surface area contributed by atoms with Crippen molar-refractivity contribution >= 4 is 32.6 Å². The van der Waals surface area contributed by atoms with Crippen LogP contribution >= 0.6 is 11.3 Å². The summed E-state index contributed by atoms with van der Waals surface area (Å²) in [7, 11) is 0. The first-order chi connectivity index (χ1) is 10.7. The first kappa shape index (κ1) is 14.2. The van der Waals surface area contributed by atoms with Crippen LogP contribution in [-0.4, -0.2) is 30.1 Å². The highest BCUT2D eigenvalue weighted by atomic mass is 32.1. The molecule has 2 heterocycles. The molecular formula is C17H20N2O2S. The average molecular weight is 316 g/mol. The van der Waals surface area contributed by atoms with E-state index in [0.717, 1.165) is 41.2 Å². The van der Waals surface area contributed by atoms with E-state index in [0.29, 0.717) is 12.5 Å². The van der Waals surface area contributed by atoms with Gasteiger partial charge in [0.25, 0.3) is 0 Å². The van der Waals surface area contributed by atoms with E-state index in [1.165, 1.54) is 0 Å². The topological polar surface area (TPSA) is 42.4 Å². The van der Waals surface area contributed by atoms with Gasteiger partial charge >= 0.3 is 0 Å². The van der Waals surface area contributed by atoms with E-state index < -0.39 is 0 Å². The molecule has 0 bridgehead atoms. The van der Waals surface area contributed by atoms with Crippen molar-refractivity contribution in [2.24, 2.45) is 11.8 Å². The second kappa shape index (κ2) is 5.63. The molecule has 3 unspecified atom stereocenters. The normalized spacial score (nSPS) is 27.2. The highest BCUT2D eigenvalue weighted by molar-refractivity contribution is 7.22. The number of aromatic nitrogens is 1. The summed E-state index contributed by atoms with van der Waals surface area (Å²) in [5.74, 6) is 0.907. The molecule has 22 heavy (non-hydrogen) atoms. The molecule has 2 aromatic rings. The number of nitrogens with zero attached hydrogens (tertiary/aromatic N) is 2. The van der Waals surface area contributed by atoms with Crippen molar-refractivity contribution in [1.29, 1.82) is 0 Å². The van der Waals surface area contributed by atoms with Crippen LogP contribution in [0.4, 0.5) is 5.13 Å². The summed E-state index contributed by atoms with van der Waals surface area (Å²) in [5, 5.41) is 0.820. The summed E-state index contributed by atoms with van der Waals surface area (Å²) in [6.45, 7) is 3.60. The summed E-state index contributed by atoms with van der Waals surface area (Å²) in [6, 6.07) is 8.06. The number of amides is 1. The molecule has 2 fully saturated rings. The van der Waals surface area contributed by atoms with E-state index in [9.17, 15) is 4.79 Å². The van der Waals surface area contributed by atoms with E-state index in [-0.39, 0.29) is 17.9 Å². The number of carbonyl (C=O) groups is 1. The quantitative estimate of drug-likeness (QED) is 0.867. The van der Waals surface area contributed by atoms with Gasteiger partial charge in [0.2, 0.25) is 5.91 Å². The molecule has 1 aromatic carbocycles. The Kier molecular flexibility index (Phi) is 3.62. The highest BCUT2D eigenvalue weighted by Gasteiger charge is 2.43. The van der Waals surface area contributed by atoms with Crippen LogP contribution < -0.4 is 4.90 Å². The van der Waals surface area contributed by atoms with Gasteiger partial charge < -0.3 is 4.74 Å². The number of anilines is 1. The van der Waals surface area contributed by atoms with Crippen LogP contribution in [0.15, 0.2) is 24.3 Å². The van der Waals surface area contributed by atoms with E-state index in [2.05, 4.69) is 18.0 Å². The predicted molar refractivity (Wildman–Crippen MR) is 88.2 cm³/mol. The first-order valence-corrected chi connectivity index (χ1v) is 8.82. The molecule has 4 rings (SSSR count). The Morgan fingerprint density at radius 2 is 2.27 bits per heavy atom. The van der Waals surface area contributed by atoms with Crippen molar-refractivity contribution in [2.75, 3.05) is 18.1 Å². The number of rotatable bonds is 4. The van der Waals surface area contributed by atoms with Crippen molar-refractivity contribution in [3.8, 4) is 0 Å². The van der Waals surface area contributed by atoms with Crippen LogP contribution in [0.25, 0.3) is 10.2 Å². The summed E-state index contributed by atoms with van der Waals surface area (Å²) in [5.41, 5.74) is 0.969. The molecule has 1 aromatic heterocycles. The lowest BCUT2D eigenvalue weighted by atomic mass is 10.2. The fraction of sp³-hybridized carbons (Fsp3) is 0.529. The highest BCUT2D eigenvalue weighted by Crippen LogP contribution is 2.41. The lowest BCUT2D eigenvalue weighted by molar-refractivity contribution is -0.120. The minimum Gasteiger partial charge on any atom is -0.376 e. The second-order valence-electron chi connectivity index (χ2n) is 6.37. The summed E-state index contributed by atoms with van der Waals surface area (Å²) < 4.78 is 6.87. The number of hydrogen-bond donors (Lipinski definition) is 0. The van der Waals surface area contributed by atoms with Crippen LogP contribution in [0, 0.1) is 11.8 Å². The third-order valence-electron chi connectivity index (χ3n) is 4.62. The molecule has 3 atom stereocenters. The van der Waals surface area contributed by atoms with E-state index in [1.807, 2.05) is 23.1 Å². The van der Waals surface area contributed by atoms with Gasteiger partial charge in [0.05, 0.1) is 22.9 Å². The van der Waals surface area contributed by atoms with Gasteiger partial charge in [0.1, 0.15) is 0 Å². The largest absolute Gasteiger partial charge is 0.376 e. The number of para-hydroxylation sites is 1. The van der Waals surface area contributed by atoms with Crippen LogP contribution in [0.3, 0.4) is 0 Å². The van der Waals surface area contributed by atoms with Gasteiger partial charge in [0, 0.05) is 12.5 Å². The predicted octanol–water partition coefficient (Wildman–Crippen LogP) is 3.46. The van der Waals surface area contributed by atoms with Crippen molar-refractivity contribution in [1.82, 2.24) is 4.98 Å². The molecule has 1 aliphatic carbocycles. The molecule has 0 radical (unpaired) electrons. The molecule has 1 amide bonds. The van der Waals surface area contributed by atoms with E-state index in [4.69, 9.17) is 4.74 Å². The summed E-state index contributed by atoms with van der Waals surface area (Å²) >= 11 is 1.60. The maximum absolute atomic E-state index is 12.8. The SMILES string of the molecule is CC1CC1C(=O)N(CC1CCCO1)c1nc2ccccc2s1. The summed E-state index contributed by atoms with van der Waals surface area (Å²) in [4.78, 5) is 19.4. The van der Waals surface area contributed by atoms with Crippen LogP contribution in [0.2, 0.25) is 0 Å². The monoisotopic (exact) mass is 316 g/mol. The Morgan fingerprint density at radius 1 is 1.45 bits per heavy atom. The van der Waals surface area contributed by atoms with E-state index in [1.54, 1.807) is 11.3 Å². The van der Waals surface area contributed by atoms with Gasteiger partial charge in [-0.1, -0.05) is 30.4 Å². The standard InChI is InChI=1S/C17H20N2O2S/c1-11-9-13(11)16(20)19(10-12-5-4-8-21-12)17-18-14-6-2-3-7-15(14)22-17/h2-3,6-7,11-13H,4-5,8-10H2,1H3. The Labute approximate surface area is 134 Å². The number of fused-ring (bicyclic) bond motifs is 1. The van der Waals surface area contributed by atoms with E-state index >= 15 is 0 Å². The molecule has 5 heteroatoms. The lowest BCUT2D eigenvalue weighted by Crippen LogP contribution is -2.38. The maximum atomic E-state index is 12.8. The Balaban J connectivity index is 1.64. The molecule has 1 saturated heterocycles. The van der Waals surface area contributed by atoms with Crippen LogP contribution in [0.5, 0.6) is 0 Å². The van der Waals surface area contributed by atoms with Gasteiger partial charge in [-0.25, -0.2) is 4.98 Å². The zero-order valence-electron chi connectivity index (χ0n) is 12.7. The van der Waals surface area contributed by atoms with Crippen LogP contribution in [0.1, 0.15) is 26.2 Å².